The Balaban J connectivity index is 1.45. The van der Waals surface area contributed by atoms with Gasteiger partial charge in [0.15, 0.2) is 0 Å². The standard InChI is InChI=1S/C15H23N3/c1-9-14(18-8-17-9)7-16-15-12-3-10-2-11(5-12)6-13(15)4-10/h8,10-13,15-16H,2-7H2,1H3,(H,17,18). The molecule has 18 heavy (non-hydrogen) atoms. The summed E-state index contributed by atoms with van der Waals surface area (Å²) in [6, 6.07) is 0.772. The molecule has 1 aromatic rings. The van der Waals surface area contributed by atoms with Crippen molar-refractivity contribution in [2.75, 3.05) is 0 Å². The van der Waals surface area contributed by atoms with Crippen LogP contribution in [0, 0.1) is 30.6 Å². The molecule has 0 radical (unpaired) electrons. The number of nitrogens with zero attached hydrogens (tertiary/aromatic N) is 1. The minimum atomic E-state index is 0.772. The first-order valence-corrected chi connectivity index (χ1v) is 7.52. The lowest BCUT2D eigenvalue weighted by Gasteiger charge is -2.54. The van der Waals surface area contributed by atoms with Gasteiger partial charge in [0.05, 0.1) is 12.0 Å². The summed E-state index contributed by atoms with van der Waals surface area (Å²) in [5.41, 5.74) is 2.41. The second-order valence-electron chi connectivity index (χ2n) is 6.81. The molecule has 0 amide bonds. The molecule has 0 spiro atoms. The van der Waals surface area contributed by atoms with Gasteiger partial charge >= 0.3 is 0 Å². The van der Waals surface area contributed by atoms with Gasteiger partial charge in [-0.2, -0.15) is 0 Å². The Bertz CT molecular complexity index is 409. The molecule has 4 saturated carbocycles. The highest BCUT2D eigenvalue weighted by atomic mass is 15.0. The lowest BCUT2D eigenvalue weighted by molar-refractivity contribution is -0.0143. The van der Waals surface area contributed by atoms with Crippen molar-refractivity contribution in [1.29, 1.82) is 0 Å². The van der Waals surface area contributed by atoms with Crippen molar-refractivity contribution in [2.24, 2.45) is 23.7 Å². The zero-order valence-electron chi connectivity index (χ0n) is 11.2. The summed E-state index contributed by atoms with van der Waals surface area (Å²) in [4.78, 5) is 7.57. The molecule has 4 bridgehead atoms. The average Bonchev–Trinajstić information content (AvgIpc) is 2.73. The van der Waals surface area contributed by atoms with E-state index in [0.29, 0.717) is 0 Å². The predicted octanol–water partition coefficient (Wildman–Crippen LogP) is 2.63. The first kappa shape index (κ1) is 11.0. The summed E-state index contributed by atoms with van der Waals surface area (Å²) >= 11 is 0. The van der Waals surface area contributed by atoms with E-state index in [2.05, 4.69) is 22.2 Å². The van der Waals surface area contributed by atoms with E-state index in [1.54, 1.807) is 0 Å². The monoisotopic (exact) mass is 245 g/mol. The molecular weight excluding hydrogens is 222 g/mol. The fourth-order valence-corrected chi connectivity index (χ4v) is 5.04. The quantitative estimate of drug-likeness (QED) is 0.859. The van der Waals surface area contributed by atoms with Crippen molar-refractivity contribution in [2.45, 2.75) is 51.6 Å². The minimum absolute atomic E-state index is 0.772. The molecule has 0 aromatic carbocycles. The zero-order chi connectivity index (χ0) is 12.1. The third-order valence-electron chi connectivity index (χ3n) is 5.67. The molecule has 5 rings (SSSR count). The molecule has 98 valence electrons. The van der Waals surface area contributed by atoms with E-state index < -0.39 is 0 Å². The van der Waals surface area contributed by atoms with E-state index in [1.807, 2.05) is 6.33 Å². The molecule has 0 atom stereocenters. The van der Waals surface area contributed by atoms with E-state index in [4.69, 9.17) is 0 Å². The van der Waals surface area contributed by atoms with Gasteiger partial charge < -0.3 is 10.3 Å². The fraction of sp³-hybridized carbons (Fsp3) is 0.800. The van der Waals surface area contributed by atoms with Crippen LogP contribution in [0.2, 0.25) is 0 Å². The first-order valence-electron chi connectivity index (χ1n) is 7.52. The Morgan fingerprint density at radius 3 is 2.39 bits per heavy atom. The lowest BCUT2D eigenvalue weighted by Crippen LogP contribution is -2.54. The maximum Gasteiger partial charge on any atom is 0.0925 e. The number of aryl methyl sites for hydroxylation is 1. The summed E-state index contributed by atoms with van der Waals surface area (Å²) < 4.78 is 0. The Kier molecular flexibility index (Phi) is 2.51. The molecule has 4 aliphatic carbocycles. The van der Waals surface area contributed by atoms with Crippen LogP contribution in [0.15, 0.2) is 6.33 Å². The topological polar surface area (TPSA) is 40.7 Å². The molecule has 1 heterocycles. The summed E-state index contributed by atoms with van der Waals surface area (Å²) in [6.07, 6.45) is 9.31. The lowest BCUT2D eigenvalue weighted by atomic mass is 9.54. The Morgan fingerprint density at radius 1 is 1.17 bits per heavy atom. The van der Waals surface area contributed by atoms with Crippen LogP contribution in [-0.4, -0.2) is 16.0 Å². The van der Waals surface area contributed by atoms with Crippen molar-refractivity contribution in [1.82, 2.24) is 15.3 Å². The van der Waals surface area contributed by atoms with Gasteiger partial charge in [-0.25, -0.2) is 4.98 Å². The normalized spacial score (nSPS) is 41.5. The number of hydrogen-bond acceptors (Lipinski definition) is 2. The van der Waals surface area contributed by atoms with Crippen LogP contribution in [0.5, 0.6) is 0 Å². The number of rotatable bonds is 3. The van der Waals surface area contributed by atoms with Crippen molar-refractivity contribution in [3.05, 3.63) is 17.7 Å². The molecule has 3 nitrogen and oxygen atoms in total. The molecule has 1 aromatic heterocycles. The Hall–Kier alpha value is -0.830. The maximum atomic E-state index is 4.40. The van der Waals surface area contributed by atoms with Crippen LogP contribution in [0.3, 0.4) is 0 Å². The fourth-order valence-electron chi connectivity index (χ4n) is 5.04. The molecule has 3 heteroatoms. The summed E-state index contributed by atoms with van der Waals surface area (Å²) in [5.74, 6) is 4.05. The van der Waals surface area contributed by atoms with E-state index in [-0.39, 0.29) is 0 Å². The number of nitrogens with one attached hydrogen (secondary N) is 2. The molecule has 2 N–H and O–H groups in total. The van der Waals surface area contributed by atoms with Gasteiger partial charge in [0.2, 0.25) is 0 Å². The second-order valence-corrected chi connectivity index (χ2v) is 6.81. The highest BCUT2D eigenvalue weighted by Gasteiger charge is 2.47. The first-order chi connectivity index (χ1) is 8.79. The van der Waals surface area contributed by atoms with Gasteiger partial charge in [0, 0.05) is 18.3 Å². The van der Waals surface area contributed by atoms with E-state index in [0.717, 1.165) is 36.3 Å². The second kappa shape index (κ2) is 4.09. The van der Waals surface area contributed by atoms with Crippen molar-refractivity contribution >= 4 is 0 Å². The molecule has 0 saturated heterocycles. The van der Waals surface area contributed by atoms with E-state index in [9.17, 15) is 0 Å². The largest absolute Gasteiger partial charge is 0.348 e. The number of H-pyrrole nitrogens is 1. The van der Waals surface area contributed by atoms with Gasteiger partial charge in [-0.15, -0.1) is 0 Å². The third kappa shape index (κ3) is 1.71. The van der Waals surface area contributed by atoms with E-state index in [1.165, 1.54) is 43.5 Å². The summed E-state index contributed by atoms with van der Waals surface area (Å²) in [6.45, 7) is 3.06. The molecular formula is C15H23N3. The molecule has 4 fully saturated rings. The zero-order valence-corrected chi connectivity index (χ0v) is 11.2. The third-order valence-corrected chi connectivity index (χ3v) is 5.67. The average molecular weight is 245 g/mol. The maximum absolute atomic E-state index is 4.40. The number of aromatic amines is 1. The highest BCUT2D eigenvalue weighted by molar-refractivity contribution is 5.09. The van der Waals surface area contributed by atoms with Crippen LogP contribution in [-0.2, 0) is 6.54 Å². The van der Waals surface area contributed by atoms with Gasteiger partial charge in [0.25, 0.3) is 0 Å². The number of imidazole rings is 1. The van der Waals surface area contributed by atoms with Crippen LogP contribution < -0.4 is 5.32 Å². The van der Waals surface area contributed by atoms with Gasteiger partial charge in [-0.1, -0.05) is 0 Å². The van der Waals surface area contributed by atoms with Gasteiger partial charge in [0.1, 0.15) is 0 Å². The number of hydrogen-bond donors (Lipinski definition) is 2. The summed E-state index contributed by atoms with van der Waals surface area (Å²) in [7, 11) is 0. The van der Waals surface area contributed by atoms with Crippen molar-refractivity contribution < 1.29 is 0 Å². The van der Waals surface area contributed by atoms with Crippen LogP contribution >= 0.6 is 0 Å². The molecule has 0 unspecified atom stereocenters. The van der Waals surface area contributed by atoms with Crippen LogP contribution in [0.1, 0.15) is 43.5 Å². The highest BCUT2D eigenvalue weighted by Crippen LogP contribution is 2.53. The van der Waals surface area contributed by atoms with Crippen molar-refractivity contribution in [3.63, 3.8) is 0 Å². The predicted molar refractivity (Wildman–Crippen MR) is 71.0 cm³/mol. The van der Waals surface area contributed by atoms with E-state index >= 15 is 0 Å². The van der Waals surface area contributed by atoms with Crippen LogP contribution in [0.25, 0.3) is 0 Å². The van der Waals surface area contributed by atoms with Crippen molar-refractivity contribution in [3.8, 4) is 0 Å². The SMILES string of the molecule is Cc1[nH]cnc1CNC1C2CC3CC(C2)CC1C3. The summed E-state index contributed by atoms with van der Waals surface area (Å²) in [5, 5.41) is 3.83. The molecule has 4 aliphatic rings. The molecule has 0 aliphatic heterocycles. The Morgan fingerprint density at radius 2 is 1.83 bits per heavy atom. The number of aromatic nitrogens is 2. The van der Waals surface area contributed by atoms with Gasteiger partial charge in [-0.3, -0.25) is 0 Å². The van der Waals surface area contributed by atoms with Gasteiger partial charge in [-0.05, 0) is 62.7 Å². The Labute approximate surface area is 109 Å². The minimum Gasteiger partial charge on any atom is -0.348 e. The smallest absolute Gasteiger partial charge is 0.0925 e. The van der Waals surface area contributed by atoms with Crippen LogP contribution in [0.4, 0.5) is 0 Å².